The van der Waals surface area contributed by atoms with Crippen molar-refractivity contribution in [2.24, 2.45) is 0 Å². The quantitative estimate of drug-likeness (QED) is 0.781. The highest BCUT2D eigenvalue weighted by Gasteiger charge is 2.30. The minimum atomic E-state index is -4.48. The standard InChI is InChI=1S/C13H16F3N3O2/c1-2-6-17-11(20)8-18-12(21)19-10-5-3-4-9(7-10)13(14,15)16/h3-5,7H,2,6,8H2,1H3,(H,17,20)(H2,18,19,21). The van der Waals surface area contributed by atoms with Gasteiger partial charge in [-0.1, -0.05) is 13.0 Å². The largest absolute Gasteiger partial charge is 0.416 e. The van der Waals surface area contributed by atoms with Crippen molar-refractivity contribution in [3.05, 3.63) is 29.8 Å². The van der Waals surface area contributed by atoms with Crippen molar-refractivity contribution in [1.82, 2.24) is 10.6 Å². The van der Waals surface area contributed by atoms with Crippen molar-refractivity contribution in [3.63, 3.8) is 0 Å². The fourth-order valence-electron chi connectivity index (χ4n) is 1.44. The van der Waals surface area contributed by atoms with Crippen LogP contribution < -0.4 is 16.0 Å². The van der Waals surface area contributed by atoms with E-state index >= 15 is 0 Å². The second kappa shape index (κ2) is 7.51. The number of hydrogen-bond acceptors (Lipinski definition) is 2. The van der Waals surface area contributed by atoms with Crippen LogP contribution in [-0.4, -0.2) is 25.0 Å². The van der Waals surface area contributed by atoms with Crippen molar-refractivity contribution in [3.8, 4) is 0 Å². The fourth-order valence-corrected chi connectivity index (χ4v) is 1.44. The smallest absolute Gasteiger partial charge is 0.355 e. The molecular weight excluding hydrogens is 287 g/mol. The molecule has 1 aromatic rings. The van der Waals surface area contributed by atoms with E-state index in [0.29, 0.717) is 6.54 Å². The molecular formula is C13H16F3N3O2. The molecule has 8 heteroatoms. The highest BCUT2D eigenvalue weighted by Crippen LogP contribution is 2.30. The number of anilines is 1. The highest BCUT2D eigenvalue weighted by molar-refractivity contribution is 5.92. The molecule has 3 amide bonds. The molecule has 0 heterocycles. The van der Waals surface area contributed by atoms with Gasteiger partial charge in [-0.15, -0.1) is 0 Å². The Morgan fingerprint density at radius 3 is 2.52 bits per heavy atom. The van der Waals surface area contributed by atoms with Crippen LogP contribution in [0.15, 0.2) is 24.3 Å². The summed E-state index contributed by atoms with van der Waals surface area (Å²) < 4.78 is 37.5. The zero-order valence-corrected chi connectivity index (χ0v) is 11.4. The lowest BCUT2D eigenvalue weighted by atomic mass is 10.2. The predicted molar refractivity (Wildman–Crippen MR) is 71.8 cm³/mol. The topological polar surface area (TPSA) is 70.2 Å². The molecule has 21 heavy (non-hydrogen) atoms. The lowest BCUT2D eigenvalue weighted by Gasteiger charge is -2.10. The lowest BCUT2D eigenvalue weighted by molar-refractivity contribution is -0.137. The Morgan fingerprint density at radius 2 is 1.90 bits per heavy atom. The predicted octanol–water partition coefficient (Wildman–Crippen LogP) is 2.35. The molecule has 0 fully saturated rings. The van der Waals surface area contributed by atoms with Gasteiger partial charge in [-0.3, -0.25) is 4.79 Å². The summed E-state index contributed by atoms with van der Waals surface area (Å²) in [5, 5.41) is 7.04. The molecule has 0 unspecified atom stereocenters. The Hall–Kier alpha value is -2.25. The third-order valence-electron chi connectivity index (χ3n) is 2.43. The average Bonchev–Trinajstić information content (AvgIpc) is 2.42. The first-order valence-electron chi connectivity index (χ1n) is 6.31. The van der Waals surface area contributed by atoms with Gasteiger partial charge in [0.2, 0.25) is 5.91 Å². The zero-order valence-electron chi connectivity index (χ0n) is 11.4. The van der Waals surface area contributed by atoms with Gasteiger partial charge in [0, 0.05) is 12.2 Å². The molecule has 0 saturated heterocycles. The van der Waals surface area contributed by atoms with Crippen LogP contribution in [0.3, 0.4) is 0 Å². The number of hydrogen-bond donors (Lipinski definition) is 3. The average molecular weight is 303 g/mol. The Balaban J connectivity index is 2.50. The summed E-state index contributed by atoms with van der Waals surface area (Å²) in [5.74, 6) is -0.365. The van der Waals surface area contributed by atoms with Crippen LogP contribution in [0.1, 0.15) is 18.9 Å². The van der Waals surface area contributed by atoms with E-state index in [9.17, 15) is 22.8 Å². The molecule has 0 aliphatic heterocycles. The fraction of sp³-hybridized carbons (Fsp3) is 0.385. The molecule has 0 bridgehead atoms. The summed E-state index contributed by atoms with van der Waals surface area (Å²) in [5.41, 5.74) is -0.864. The Labute approximate surface area is 119 Å². The number of alkyl halides is 3. The van der Waals surface area contributed by atoms with E-state index in [1.165, 1.54) is 12.1 Å². The maximum absolute atomic E-state index is 12.5. The van der Waals surface area contributed by atoms with Crippen LogP contribution in [-0.2, 0) is 11.0 Å². The highest BCUT2D eigenvalue weighted by atomic mass is 19.4. The van der Waals surface area contributed by atoms with Gasteiger partial charge in [0.25, 0.3) is 0 Å². The summed E-state index contributed by atoms with van der Waals surface area (Å²) in [6.07, 6.45) is -3.71. The summed E-state index contributed by atoms with van der Waals surface area (Å²) in [6.45, 7) is 2.13. The molecule has 0 atom stereocenters. The monoisotopic (exact) mass is 303 g/mol. The van der Waals surface area contributed by atoms with E-state index in [1.807, 2.05) is 6.92 Å². The molecule has 1 rings (SSSR count). The molecule has 0 saturated carbocycles. The van der Waals surface area contributed by atoms with Crippen molar-refractivity contribution < 1.29 is 22.8 Å². The van der Waals surface area contributed by atoms with Crippen LogP contribution in [0.25, 0.3) is 0 Å². The van der Waals surface area contributed by atoms with Gasteiger partial charge in [-0.25, -0.2) is 4.79 Å². The van der Waals surface area contributed by atoms with Crippen LogP contribution in [0.4, 0.5) is 23.7 Å². The van der Waals surface area contributed by atoms with Crippen molar-refractivity contribution >= 4 is 17.6 Å². The molecule has 0 aliphatic rings. The normalized spacial score (nSPS) is 10.9. The van der Waals surface area contributed by atoms with Gasteiger partial charge in [0.1, 0.15) is 0 Å². The number of halogens is 3. The molecule has 1 aromatic carbocycles. The van der Waals surface area contributed by atoms with Crippen molar-refractivity contribution in [2.45, 2.75) is 19.5 Å². The molecule has 116 valence electrons. The van der Waals surface area contributed by atoms with E-state index in [0.717, 1.165) is 18.6 Å². The van der Waals surface area contributed by atoms with Gasteiger partial charge in [0.15, 0.2) is 0 Å². The number of nitrogens with one attached hydrogen (secondary N) is 3. The summed E-state index contributed by atoms with van der Waals surface area (Å²) in [6, 6.07) is 3.48. The van der Waals surface area contributed by atoms with Crippen LogP contribution in [0, 0.1) is 0 Å². The van der Waals surface area contributed by atoms with E-state index in [-0.39, 0.29) is 18.1 Å². The molecule has 3 N–H and O–H groups in total. The molecule has 0 radical (unpaired) electrons. The van der Waals surface area contributed by atoms with E-state index < -0.39 is 17.8 Å². The van der Waals surface area contributed by atoms with Gasteiger partial charge < -0.3 is 16.0 Å². The number of urea groups is 1. The Kier molecular flexibility index (Phi) is 6.01. The van der Waals surface area contributed by atoms with Gasteiger partial charge in [-0.2, -0.15) is 13.2 Å². The molecule has 0 aliphatic carbocycles. The number of carbonyl (C=O) groups is 2. The third-order valence-corrected chi connectivity index (χ3v) is 2.43. The number of benzene rings is 1. The summed E-state index contributed by atoms with van der Waals surface area (Å²) in [4.78, 5) is 22.7. The van der Waals surface area contributed by atoms with Gasteiger partial charge in [-0.05, 0) is 24.6 Å². The van der Waals surface area contributed by atoms with E-state index in [4.69, 9.17) is 0 Å². The minimum Gasteiger partial charge on any atom is -0.355 e. The van der Waals surface area contributed by atoms with Gasteiger partial charge >= 0.3 is 12.2 Å². The first-order valence-corrected chi connectivity index (χ1v) is 6.31. The Morgan fingerprint density at radius 1 is 1.19 bits per heavy atom. The van der Waals surface area contributed by atoms with E-state index in [2.05, 4.69) is 16.0 Å². The summed E-state index contributed by atoms with van der Waals surface area (Å²) >= 11 is 0. The van der Waals surface area contributed by atoms with Crippen molar-refractivity contribution in [2.75, 3.05) is 18.4 Å². The maximum Gasteiger partial charge on any atom is 0.416 e. The van der Waals surface area contributed by atoms with Gasteiger partial charge in [0.05, 0.1) is 12.1 Å². The first-order chi connectivity index (χ1) is 9.82. The number of carbonyl (C=O) groups excluding carboxylic acids is 2. The van der Waals surface area contributed by atoms with Crippen molar-refractivity contribution in [1.29, 1.82) is 0 Å². The minimum absolute atomic E-state index is 0.00343. The van der Waals surface area contributed by atoms with Crippen LogP contribution in [0.2, 0.25) is 0 Å². The SMILES string of the molecule is CCCNC(=O)CNC(=O)Nc1cccc(C(F)(F)F)c1. The Bertz CT molecular complexity index is 504. The first kappa shape index (κ1) is 16.8. The van der Waals surface area contributed by atoms with Crippen LogP contribution in [0.5, 0.6) is 0 Å². The summed E-state index contributed by atoms with van der Waals surface area (Å²) in [7, 11) is 0. The second-order valence-corrected chi connectivity index (χ2v) is 4.24. The van der Waals surface area contributed by atoms with Crippen LogP contribution >= 0.6 is 0 Å². The molecule has 0 aromatic heterocycles. The number of amides is 3. The maximum atomic E-state index is 12.5. The van der Waals surface area contributed by atoms with E-state index in [1.54, 1.807) is 0 Å². The molecule has 0 spiro atoms. The third kappa shape index (κ3) is 6.15. The lowest BCUT2D eigenvalue weighted by Crippen LogP contribution is -2.39. The zero-order chi connectivity index (χ0) is 15.9. The molecule has 5 nitrogen and oxygen atoms in total. The number of rotatable bonds is 5. The second-order valence-electron chi connectivity index (χ2n) is 4.24.